The lowest BCUT2D eigenvalue weighted by Gasteiger charge is -2.36. The van der Waals surface area contributed by atoms with Crippen molar-refractivity contribution in [3.63, 3.8) is 0 Å². The van der Waals surface area contributed by atoms with Crippen LogP contribution < -0.4 is 0 Å². The third-order valence-corrected chi connectivity index (χ3v) is 4.16. The van der Waals surface area contributed by atoms with Gasteiger partial charge in [0.15, 0.2) is 0 Å². The van der Waals surface area contributed by atoms with Crippen molar-refractivity contribution in [2.24, 2.45) is 5.92 Å². The van der Waals surface area contributed by atoms with Gasteiger partial charge in [-0.3, -0.25) is 4.90 Å². The first-order valence-electron chi connectivity index (χ1n) is 7.07. The first-order chi connectivity index (χ1) is 8.60. The Morgan fingerprint density at radius 1 is 1.22 bits per heavy atom. The highest BCUT2D eigenvalue weighted by molar-refractivity contribution is 5.17. The summed E-state index contributed by atoms with van der Waals surface area (Å²) in [6, 6.07) is 0. The summed E-state index contributed by atoms with van der Waals surface area (Å²) in [5.74, 6) is 0.668. The minimum atomic E-state index is -0.732. The van der Waals surface area contributed by atoms with Gasteiger partial charge in [-0.2, -0.15) is 0 Å². The number of alkyl halides is 1. The third-order valence-electron chi connectivity index (χ3n) is 4.16. The van der Waals surface area contributed by atoms with Gasteiger partial charge in [0, 0.05) is 31.9 Å². The largest absolute Gasteiger partial charge is 0.373 e. The van der Waals surface area contributed by atoms with Crippen LogP contribution in [0.5, 0.6) is 0 Å². The van der Waals surface area contributed by atoms with Crippen LogP contribution in [0.25, 0.3) is 0 Å². The summed E-state index contributed by atoms with van der Waals surface area (Å²) in [6.07, 6.45) is 2.81. The summed E-state index contributed by atoms with van der Waals surface area (Å²) in [5.41, 5.74) is 1.24. The Bertz CT molecular complexity index is 337. The van der Waals surface area contributed by atoms with Crippen LogP contribution in [-0.2, 0) is 4.74 Å². The lowest BCUT2D eigenvalue weighted by Crippen LogP contribution is -2.47. The quantitative estimate of drug-likeness (QED) is 0.745. The maximum Gasteiger partial charge on any atom is 0.138 e. The number of ether oxygens (including phenoxy) is 1. The molecule has 3 aliphatic heterocycles. The Morgan fingerprint density at radius 3 is 2.61 bits per heavy atom. The normalized spacial score (nSPS) is 41.1. The number of hydrogen-bond acceptors (Lipinski definition) is 3. The van der Waals surface area contributed by atoms with Crippen LogP contribution in [0.3, 0.4) is 0 Å². The highest BCUT2D eigenvalue weighted by atomic mass is 19.1. The molecule has 2 saturated heterocycles. The molecule has 0 aromatic carbocycles. The van der Waals surface area contributed by atoms with Crippen molar-refractivity contribution in [3.8, 4) is 0 Å². The van der Waals surface area contributed by atoms with E-state index in [9.17, 15) is 4.39 Å². The summed E-state index contributed by atoms with van der Waals surface area (Å²) < 4.78 is 18.9. The zero-order valence-corrected chi connectivity index (χ0v) is 11.3. The van der Waals surface area contributed by atoms with Crippen molar-refractivity contribution in [1.29, 1.82) is 0 Å². The Morgan fingerprint density at radius 2 is 1.94 bits per heavy atom. The highest BCUT2D eigenvalue weighted by Crippen LogP contribution is 2.32. The molecule has 0 saturated carbocycles. The molecular weight excluding hydrogens is 231 g/mol. The Hall–Kier alpha value is -0.610. The molecular formula is C14H23FN2O. The Labute approximate surface area is 109 Å². The van der Waals surface area contributed by atoms with E-state index in [1.165, 1.54) is 5.70 Å². The zero-order valence-electron chi connectivity index (χ0n) is 11.3. The maximum atomic E-state index is 13.2. The summed E-state index contributed by atoms with van der Waals surface area (Å²) in [4.78, 5) is 4.74. The van der Waals surface area contributed by atoms with Crippen LogP contribution in [-0.4, -0.2) is 60.9 Å². The monoisotopic (exact) mass is 254 g/mol. The second-order valence-corrected chi connectivity index (χ2v) is 6.12. The van der Waals surface area contributed by atoms with E-state index in [-0.39, 0.29) is 0 Å². The van der Waals surface area contributed by atoms with Crippen molar-refractivity contribution < 1.29 is 9.13 Å². The molecule has 0 N–H and O–H groups in total. The maximum absolute atomic E-state index is 13.2. The van der Waals surface area contributed by atoms with Crippen LogP contribution in [0.2, 0.25) is 0 Å². The minimum Gasteiger partial charge on any atom is -0.373 e. The number of halogens is 1. The summed E-state index contributed by atoms with van der Waals surface area (Å²) >= 11 is 0. The number of allylic oxidation sites excluding steroid dienone is 1. The standard InChI is InChI=1S/C14H23FN2O/c1-10-5-16(6-11(2)18-10)7-12-3-14-4-13(15)9-17(14)8-12/h4,10-13H,3,5-9H2,1-2H3/t10-,11+,12?,13?. The van der Waals surface area contributed by atoms with Crippen LogP contribution in [0.15, 0.2) is 11.8 Å². The van der Waals surface area contributed by atoms with Gasteiger partial charge in [0.05, 0.1) is 18.8 Å². The van der Waals surface area contributed by atoms with Crippen LogP contribution in [0.4, 0.5) is 4.39 Å². The molecule has 0 radical (unpaired) electrons. The number of morpholine rings is 1. The predicted molar refractivity (Wildman–Crippen MR) is 69.1 cm³/mol. The molecule has 0 aromatic rings. The molecule has 3 heterocycles. The molecule has 3 rings (SSSR count). The van der Waals surface area contributed by atoms with E-state index in [1.807, 2.05) is 6.08 Å². The number of nitrogens with zero attached hydrogens (tertiary/aromatic N) is 2. The van der Waals surface area contributed by atoms with Gasteiger partial charge < -0.3 is 9.64 Å². The van der Waals surface area contributed by atoms with Crippen LogP contribution in [0, 0.1) is 5.92 Å². The molecule has 2 fully saturated rings. The fourth-order valence-electron chi connectivity index (χ4n) is 3.68. The second kappa shape index (κ2) is 4.82. The van der Waals surface area contributed by atoms with Gasteiger partial charge in [-0.05, 0) is 32.3 Å². The minimum absolute atomic E-state index is 0.337. The summed E-state index contributed by atoms with van der Waals surface area (Å²) in [5, 5.41) is 0. The predicted octanol–water partition coefficient (Wildman–Crippen LogP) is 1.65. The Balaban J connectivity index is 1.54. The van der Waals surface area contributed by atoms with Gasteiger partial charge in [0.2, 0.25) is 0 Å². The number of fused-ring (bicyclic) bond motifs is 1. The average molecular weight is 254 g/mol. The van der Waals surface area contributed by atoms with Crippen LogP contribution >= 0.6 is 0 Å². The van der Waals surface area contributed by atoms with E-state index < -0.39 is 6.17 Å². The first kappa shape index (κ1) is 12.4. The van der Waals surface area contributed by atoms with Gasteiger partial charge in [-0.1, -0.05) is 0 Å². The highest BCUT2D eigenvalue weighted by Gasteiger charge is 2.34. The van der Waals surface area contributed by atoms with E-state index in [2.05, 4.69) is 23.6 Å². The molecule has 0 bridgehead atoms. The molecule has 4 atom stereocenters. The summed E-state index contributed by atoms with van der Waals surface area (Å²) in [6.45, 7) is 9.10. The second-order valence-electron chi connectivity index (χ2n) is 6.12. The molecule has 2 unspecified atom stereocenters. The molecule has 3 aliphatic rings. The smallest absolute Gasteiger partial charge is 0.138 e. The molecule has 0 aliphatic carbocycles. The van der Waals surface area contributed by atoms with Gasteiger partial charge >= 0.3 is 0 Å². The lowest BCUT2D eigenvalue weighted by molar-refractivity contribution is -0.0711. The van der Waals surface area contributed by atoms with E-state index >= 15 is 0 Å². The van der Waals surface area contributed by atoms with Crippen LogP contribution in [0.1, 0.15) is 20.3 Å². The van der Waals surface area contributed by atoms with Crippen molar-refractivity contribution in [2.45, 2.75) is 38.6 Å². The molecule has 4 heteroatoms. The van der Waals surface area contributed by atoms with E-state index in [1.54, 1.807) is 0 Å². The molecule has 3 nitrogen and oxygen atoms in total. The van der Waals surface area contributed by atoms with Gasteiger partial charge in [0.25, 0.3) is 0 Å². The SMILES string of the molecule is C[C@@H]1CN(CC2CC3=CC(F)CN3C2)C[C@H](C)O1. The topological polar surface area (TPSA) is 15.7 Å². The molecule has 0 amide bonds. The molecule has 102 valence electrons. The van der Waals surface area contributed by atoms with E-state index in [0.717, 1.165) is 32.6 Å². The van der Waals surface area contributed by atoms with Gasteiger partial charge in [-0.25, -0.2) is 4.39 Å². The first-order valence-corrected chi connectivity index (χ1v) is 7.07. The lowest BCUT2D eigenvalue weighted by atomic mass is 10.1. The van der Waals surface area contributed by atoms with Crippen molar-refractivity contribution >= 4 is 0 Å². The van der Waals surface area contributed by atoms with Gasteiger partial charge in [-0.15, -0.1) is 0 Å². The van der Waals surface area contributed by atoms with Gasteiger partial charge in [0.1, 0.15) is 6.17 Å². The van der Waals surface area contributed by atoms with Crippen molar-refractivity contribution in [2.75, 3.05) is 32.7 Å². The molecule has 0 spiro atoms. The fraction of sp³-hybridized carbons (Fsp3) is 0.857. The van der Waals surface area contributed by atoms with E-state index in [4.69, 9.17) is 4.74 Å². The van der Waals surface area contributed by atoms with Crippen molar-refractivity contribution in [1.82, 2.24) is 9.80 Å². The zero-order chi connectivity index (χ0) is 12.7. The summed E-state index contributed by atoms with van der Waals surface area (Å²) in [7, 11) is 0. The Kier molecular flexibility index (Phi) is 3.32. The molecule has 0 aromatic heterocycles. The third kappa shape index (κ3) is 2.54. The number of rotatable bonds is 2. The number of hydrogen-bond donors (Lipinski definition) is 0. The molecule has 18 heavy (non-hydrogen) atoms. The average Bonchev–Trinajstić information content (AvgIpc) is 2.72. The van der Waals surface area contributed by atoms with E-state index in [0.29, 0.717) is 24.7 Å². The fourth-order valence-corrected chi connectivity index (χ4v) is 3.68. The van der Waals surface area contributed by atoms with Crippen molar-refractivity contribution in [3.05, 3.63) is 11.8 Å².